The van der Waals surface area contributed by atoms with Crippen molar-refractivity contribution >= 4 is 17.4 Å². The van der Waals surface area contributed by atoms with Gasteiger partial charge in [-0.25, -0.2) is 9.97 Å². The molecule has 4 aromatic rings. The lowest BCUT2D eigenvalue weighted by molar-refractivity contribution is 0.102. The Balaban J connectivity index is 1.64. The molecule has 0 radical (unpaired) electrons. The molecule has 0 bridgehead atoms. The largest absolute Gasteiger partial charge is 0.322 e. The molecular weight excluding hydrogens is 330 g/mol. The number of nitrogens with one attached hydrogen (secondary N) is 1. The predicted molar refractivity (Wildman–Crippen MR) is 98.1 cm³/mol. The topological polar surface area (TPSA) is 81.3 Å². The Kier molecular flexibility index (Phi) is 3.81. The van der Waals surface area contributed by atoms with Crippen LogP contribution in [0.2, 0.25) is 0 Å². The lowest BCUT2D eigenvalue weighted by atomic mass is 10.1. The fourth-order valence-corrected chi connectivity index (χ4v) is 2.69. The molecule has 3 aromatic heterocycles. The Morgan fingerprint density at radius 3 is 2.85 bits per heavy atom. The quantitative estimate of drug-likeness (QED) is 0.618. The van der Waals surface area contributed by atoms with Crippen LogP contribution < -0.4 is 10.9 Å². The zero-order valence-corrected chi connectivity index (χ0v) is 14.0. The molecule has 4 rings (SSSR count). The van der Waals surface area contributed by atoms with E-state index < -0.39 is 5.91 Å². The van der Waals surface area contributed by atoms with Crippen LogP contribution in [0, 0.1) is 0 Å². The summed E-state index contributed by atoms with van der Waals surface area (Å²) in [6.07, 6.45) is 7.03. The number of benzene rings is 1. The van der Waals surface area contributed by atoms with Crippen molar-refractivity contribution in [2.75, 3.05) is 5.32 Å². The van der Waals surface area contributed by atoms with Gasteiger partial charge in [0.2, 0.25) is 5.78 Å². The third kappa shape index (κ3) is 2.86. The van der Waals surface area contributed by atoms with E-state index in [0.717, 1.165) is 11.3 Å². The molecular formula is C19H15N5O2. The molecule has 0 saturated carbocycles. The smallest absolute Gasteiger partial charge is 0.263 e. The van der Waals surface area contributed by atoms with Crippen molar-refractivity contribution in [2.24, 2.45) is 7.05 Å². The summed E-state index contributed by atoms with van der Waals surface area (Å²) < 4.78 is 3.20. The van der Waals surface area contributed by atoms with Crippen molar-refractivity contribution in [3.63, 3.8) is 0 Å². The molecule has 1 amide bonds. The monoisotopic (exact) mass is 345 g/mol. The van der Waals surface area contributed by atoms with E-state index in [9.17, 15) is 9.59 Å². The Labute approximate surface area is 148 Å². The number of aromatic nitrogens is 4. The first-order valence-corrected chi connectivity index (χ1v) is 7.99. The maximum atomic E-state index is 12.4. The standard InChI is InChI=1S/C19H15N5O2/c1-23-9-3-7-15(18(23)26)17(25)21-14-6-2-5-13(11-14)16-12-24-10-4-8-20-19(24)22-16/h2-12H,1H3,(H,21,25). The third-order valence-electron chi connectivity index (χ3n) is 4.02. The van der Waals surface area contributed by atoms with Gasteiger partial charge in [-0.2, -0.15) is 0 Å². The number of hydrogen-bond donors (Lipinski definition) is 1. The maximum Gasteiger partial charge on any atom is 0.263 e. The maximum absolute atomic E-state index is 12.4. The van der Waals surface area contributed by atoms with Crippen LogP contribution in [0.4, 0.5) is 5.69 Å². The van der Waals surface area contributed by atoms with Crippen LogP contribution >= 0.6 is 0 Å². The lowest BCUT2D eigenvalue weighted by Crippen LogP contribution is -2.26. The summed E-state index contributed by atoms with van der Waals surface area (Å²) in [5.41, 5.74) is 1.93. The summed E-state index contributed by atoms with van der Waals surface area (Å²) in [6, 6.07) is 12.3. The molecule has 3 heterocycles. The van der Waals surface area contributed by atoms with Crippen LogP contribution in [0.25, 0.3) is 17.0 Å². The number of aryl methyl sites for hydroxylation is 1. The fraction of sp³-hybridized carbons (Fsp3) is 0.0526. The summed E-state index contributed by atoms with van der Waals surface area (Å²) >= 11 is 0. The van der Waals surface area contributed by atoms with E-state index in [1.54, 1.807) is 31.6 Å². The molecule has 0 spiro atoms. The molecule has 1 N–H and O–H groups in total. The summed E-state index contributed by atoms with van der Waals surface area (Å²) in [5.74, 6) is 0.157. The van der Waals surface area contributed by atoms with Gasteiger partial charge < -0.3 is 9.88 Å². The molecule has 1 aromatic carbocycles. The average Bonchev–Trinajstić information content (AvgIpc) is 3.08. The van der Waals surface area contributed by atoms with Crippen molar-refractivity contribution < 1.29 is 4.79 Å². The average molecular weight is 345 g/mol. The number of imidazole rings is 1. The minimum absolute atomic E-state index is 0.0948. The van der Waals surface area contributed by atoms with E-state index in [0.29, 0.717) is 11.5 Å². The molecule has 0 aliphatic heterocycles. The van der Waals surface area contributed by atoms with E-state index in [1.165, 1.54) is 10.6 Å². The van der Waals surface area contributed by atoms with Gasteiger partial charge in [0.15, 0.2) is 0 Å². The first-order chi connectivity index (χ1) is 12.6. The van der Waals surface area contributed by atoms with Crippen molar-refractivity contribution in [3.05, 3.63) is 83.2 Å². The molecule has 7 nitrogen and oxygen atoms in total. The zero-order chi connectivity index (χ0) is 18.1. The molecule has 0 aliphatic carbocycles. The third-order valence-corrected chi connectivity index (χ3v) is 4.02. The number of fused-ring (bicyclic) bond motifs is 1. The van der Waals surface area contributed by atoms with E-state index in [-0.39, 0.29) is 11.1 Å². The van der Waals surface area contributed by atoms with Crippen LogP contribution in [0.3, 0.4) is 0 Å². The molecule has 0 fully saturated rings. The number of carbonyl (C=O) groups excluding carboxylic acids is 1. The zero-order valence-electron chi connectivity index (χ0n) is 14.0. The van der Waals surface area contributed by atoms with Gasteiger partial charge in [-0.1, -0.05) is 12.1 Å². The van der Waals surface area contributed by atoms with E-state index in [4.69, 9.17) is 0 Å². The highest BCUT2D eigenvalue weighted by Crippen LogP contribution is 2.22. The van der Waals surface area contributed by atoms with Gasteiger partial charge >= 0.3 is 0 Å². The Morgan fingerprint density at radius 2 is 2.00 bits per heavy atom. The molecule has 0 aliphatic rings. The molecule has 128 valence electrons. The second kappa shape index (κ2) is 6.29. The van der Waals surface area contributed by atoms with Gasteiger partial charge in [0, 0.05) is 43.1 Å². The second-order valence-corrected chi connectivity index (χ2v) is 5.83. The number of pyridine rings is 1. The highest BCUT2D eigenvalue weighted by Gasteiger charge is 2.12. The minimum Gasteiger partial charge on any atom is -0.322 e. The molecule has 0 unspecified atom stereocenters. The van der Waals surface area contributed by atoms with E-state index >= 15 is 0 Å². The van der Waals surface area contributed by atoms with Crippen LogP contribution in [-0.2, 0) is 7.05 Å². The molecule has 7 heteroatoms. The van der Waals surface area contributed by atoms with E-state index in [1.807, 2.05) is 41.1 Å². The Hall–Kier alpha value is -3.74. The van der Waals surface area contributed by atoms with Crippen molar-refractivity contribution in [3.8, 4) is 11.3 Å². The Bertz CT molecular complexity index is 1140. The van der Waals surface area contributed by atoms with Crippen LogP contribution in [-0.4, -0.2) is 24.8 Å². The lowest BCUT2D eigenvalue weighted by Gasteiger charge is -2.07. The highest BCUT2D eigenvalue weighted by molar-refractivity contribution is 6.04. The van der Waals surface area contributed by atoms with Gasteiger partial charge in [-0.05, 0) is 30.3 Å². The van der Waals surface area contributed by atoms with Crippen LogP contribution in [0.5, 0.6) is 0 Å². The number of hydrogen-bond acceptors (Lipinski definition) is 4. The van der Waals surface area contributed by atoms with Crippen LogP contribution in [0.15, 0.2) is 72.0 Å². The van der Waals surface area contributed by atoms with Crippen LogP contribution in [0.1, 0.15) is 10.4 Å². The van der Waals surface area contributed by atoms with Gasteiger partial charge in [0.1, 0.15) is 5.56 Å². The number of nitrogens with zero attached hydrogens (tertiary/aromatic N) is 4. The molecule has 0 saturated heterocycles. The van der Waals surface area contributed by atoms with Crippen molar-refractivity contribution in [2.45, 2.75) is 0 Å². The van der Waals surface area contributed by atoms with E-state index in [2.05, 4.69) is 15.3 Å². The Morgan fingerprint density at radius 1 is 1.12 bits per heavy atom. The van der Waals surface area contributed by atoms with Crippen molar-refractivity contribution in [1.29, 1.82) is 0 Å². The van der Waals surface area contributed by atoms with Gasteiger partial charge in [0.05, 0.1) is 5.69 Å². The normalized spacial score (nSPS) is 10.8. The van der Waals surface area contributed by atoms with Gasteiger partial charge in [-0.3, -0.25) is 14.0 Å². The predicted octanol–water partition coefficient (Wildman–Crippen LogP) is 2.35. The number of anilines is 1. The molecule has 0 atom stereocenters. The van der Waals surface area contributed by atoms with Crippen molar-refractivity contribution in [1.82, 2.24) is 18.9 Å². The first-order valence-electron chi connectivity index (χ1n) is 7.99. The molecule has 26 heavy (non-hydrogen) atoms. The summed E-state index contributed by atoms with van der Waals surface area (Å²) in [6.45, 7) is 0. The summed E-state index contributed by atoms with van der Waals surface area (Å²) in [7, 11) is 1.61. The number of rotatable bonds is 3. The van der Waals surface area contributed by atoms with Gasteiger partial charge in [0.25, 0.3) is 11.5 Å². The number of carbonyl (C=O) groups is 1. The fourth-order valence-electron chi connectivity index (χ4n) is 2.69. The number of amides is 1. The summed E-state index contributed by atoms with van der Waals surface area (Å²) in [5, 5.41) is 2.77. The SMILES string of the molecule is Cn1cccc(C(=O)Nc2cccc(-c3cn4cccnc4n3)c2)c1=O. The van der Waals surface area contributed by atoms with Gasteiger partial charge in [-0.15, -0.1) is 0 Å². The summed E-state index contributed by atoms with van der Waals surface area (Å²) in [4.78, 5) is 33.2. The highest BCUT2D eigenvalue weighted by atomic mass is 16.2. The first kappa shape index (κ1) is 15.8. The second-order valence-electron chi connectivity index (χ2n) is 5.83. The minimum atomic E-state index is -0.444.